The Bertz CT molecular complexity index is 327. The molecule has 1 unspecified atom stereocenters. The van der Waals surface area contributed by atoms with E-state index in [1.165, 1.54) is 11.8 Å². The number of hydrogen-bond acceptors (Lipinski definition) is 5. The zero-order valence-corrected chi connectivity index (χ0v) is 11.7. The van der Waals surface area contributed by atoms with Gasteiger partial charge in [-0.05, 0) is 0 Å². The van der Waals surface area contributed by atoms with Crippen molar-refractivity contribution in [1.82, 2.24) is 4.90 Å². The Morgan fingerprint density at radius 3 is 2.71 bits per heavy atom. The van der Waals surface area contributed by atoms with Gasteiger partial charge in [-0.1, -0.05) is 24.0 Å². The summed E-state index contributed by atoms with van der Waals surface area (Å²) in [7, 11) is 3.78. The average molecular weight is 275 g/mol. The molecule has 1 spiro atoms. The fraction of sp³-hybridized carbons (Fsp3) is 0.818. The number of thioether (sulfide) groups is 1. The average Bonchev–Trinajstić information content (AvgIpc) is 2.72. The number of rotatable bonds is 1. The van der Waals surface area contributed by atoms with Gasteiger partial charge in [0.25, 0.3) is 0 Å². The van der Waals surface area contributed by atoms with Crippen LogP contribution in [-0.2, 0) is 14.3 Å². The molecule has 0 radical (unpaired) electrons. The maximum atomic E-state index is 11.9. The van der Waals surface area contributed by atoms with Crippen LogP contribution in [0.2, 0.25) is 0 Å². The van der Waals surface area contributed by atoms with Crippen LogP contribution in [0, 0.1) is 0 Å². The van der Waals surface area contributed by atoms with E-state index >= 15 is 0 Å². The number of ketones is 1. The summed E-state index contributed by atoms with van der Waals surface area (Å²) < 4.78 is 12.0. The number of hydrogen-bond donors (Lipinski definition) is 0. The molecule has 0 N–H and O–H groups in total. The maximum absolute atomic E-state index is 11.9. The SMILES string of the molecule is CN(C)C(=S)SC1CC2(CCC1=O)OCCO2. The highest BCUT2D eigenvalue weighted by Gasteiger charge is 2.45. The van der Waals surface area contributed by atoms with Gasteiger partial charge in [0.1, 0.15) is 10.1 Å². The zero-order valence-electron chi connectivity index (χ0n) is 10.1. The van der Waals surface area contributed by atoms with Crippen LogP contribution in [0.15, 0.2) is 0 Å². The predicted molar refractivity (Wildman–Crippen MR) is 71.2 cm³/mol. The van der Waals surface area contributed by atoms with Crippen LogP contribution in [0.4, 0.5) is 0 Å². The molecule has 2 rings (SSSR count). The van der Waals surface area contributed by atoms with Crippen LogP contribution < -0.4 is 0 Å². The highest BCUT2D eigenvalue weighted by Crippen LogP contribution is 2.39. The van der Waals surface area contributed by atoms with Crippen LogP contribution in [0.5, 0.6) is 0 Å². The van der Waals surface area contributed by atoms with Gasteiger partial charge < -0.3 is 14.4 Å². The van der Waals surface area contributed by atoms with Gasteiger partial charge in [0.2, 0.25) is 0 Å². The Labute approximate surface area is 111 Å². The minimum Gasteiger partial charge on any atom is -0.364 e. The molecular formula is C11H17NO3S2. The lowest BCUT2D eigenvalue weighted by atomic mass is 9.92. The number of thiocarbonyl (C=S) groups is 1. The summed E-state index contributed by atoms with van der Waals surface area (Å²) in [5, 5.41) is -0.128. The molecule has 0 bridgehead atoms. The molecule has 1 heterocycles. The summed E-state index contributed by atoms with van der Waals surface area (Å²) in [6.07, 6.45) is 1.82. The molecule has 17 heavy (non-hydrogen) atoms. The molecular weight excluding hydrogens is 258 g/mol. The molecule has 0 aromatic rings. The van der Waals surface area contributed by atoms with Crippen LogP contribution in [0.1, 0.15) is 19.3 Å². The van der Waals surface area contributed by atoms with Crippen molar-refractivity contribution in [2.45, 2.75) is 30.3 Å². The highest BCUT2D eigenvalue weighted by molar-refractivity contribution is 8.23. The largest absolute Gasteiger partial charge is 0.364 e. The standard InChI is InChI=1S/C11H17NO3S2/c1-12(2)10(16)17-9-7-11(4-3-8(9)13)14-5-6-15-11/h9H,3-7H2,1-2H3. The van der Waals surface area contributed by atoms with Crippen molar-refractivity contribution in [3.63, 3.8) is 0 Å². The van der Waals surface area contributed by atoms with E-state index in [0.29, 0.717) is 32.5 Å². The van der Waals surface area contributed by atoms with Gasteiger partial charge >= 0.3 is 0 Å². The Kier molecular flexibility index (Phi) is 4.07. The van der Waals surface area contributed by atoms with E-state index in [-0.39, 0.29) is 11.0 Å². The second-order valence-corrected chi connectivity index (χ2v) is 6.38. The Morgan fingerprint density at radius 1 is 1.47 bits per heavy atom. The first kappa shape index (κ1) is 13.3. The molecule has 1 atom stereocenters. The molecule has 0 aromatic carbocycles. The summed E-state index contributed by atoms with van der Waals surface area (Å²) in [4.78, 5) is 13.7. The molecule has 6 heteroatoms. The van der Waals surface area contributed by atoms with Gasteiger partial charge in [0.05, 0.1) is 18.5 Å². The smallest absolute Gasteiger partial charge is 0.170 e. The van der Waals surface area contributed by atoms with Crippen molar-refractivity contribution in [3.8, 4) is 0 Å². The first-order valence-electron chi connectivity index (χ1n) is 5.71. The number of nitrogens with zero attached hydrogens (tertiary/aromatic N) is 1. The van der Waals surface area contributed by atoms with Crippen LogP contribution in [-0.4, -0.2) is 53.3 Å². The van der Waals surface area contributed by atoms with Crippen molar-refractivity contribution in [3.05, 3.63) is 0 Å². The molecule has 1 aliphatic carbocycles. The van der Waals surface area contributed by atoms with Gasteiger partial charge in [-0.25, -0.2) is 0 Å². The van der Waals surface area contributed by atoms with Crippen molar-refractivity contribution >= 4 is 34.1 Å². The molecule has 2 aliphatic rings. The molecule has 1 saturated carbocycles. The number of ether oxygens (including phenoxy) is 2. The van der Waals surface area contributed by atoms with Gasteiger partial charge in [0, 0.05) is 33.4 Å². The number of Topliss-reactive ketones (excluding diaryl/α,β-unsaturated/α-hetero) is 1. The van der Waals surface area contributed by atoms with Gasteiger partial charge in [-0.2, -0.15) is 0 Å². The summed E-state index contributed by atoms with van der Waals surface area (Å²) in [6, 6.07) is 0. The van der Waals surface area contributed by atoms with Crippen molar-refractivity contribution < 1.29 is 14.3 Å². The van der Waals surface area contributed by atoms with E-state index in [1.54, 1.807) is 0 Å². The van der Waals surface area contributed by atoms with Crippen molar-refractivity contribution in [2.75, 3.05) is 27.3 Å². The van der Waals surface area contributed by atoms with E-state index in [2.05, 4.69) is 0 Å². The highest BCUT2D eigenvalue weighted by atomic mass is 32.2. The molecule has 1 saturated heterocycles. The molecule has 2 fully saturated rings. The Balaban J connectivity index is 2.00. The summed E-state index contributed by atoms with van der Waals surface area (Å²) >= 11 is 6.68. The van der Waals surface area contributed by atoms with Crippen LogP contribution >= 0.6 is 24.0 Å². The number of carbonyl (C=O) groups excluding carboxylic acids is 1. The normalized spacial score (nSPS) is 27.4. The van der Waals surface area contributed by atoms with Crippen LogP contribution in [0.3, 0.4) is 0 Å². The zero-order chi connectivity index (χ0) is 12.5. The van der Waals surface area contributed by atoms with E-state index in [9.17, 15) is 4.79 Å². The van der Waals surface area contributed by atoms with Gasteiger partial charge in [0.15, 0.2) is 5.79 Å². The number of carbonyl (C=O) groups is 1. The van der Waals surface area contributed by atoms with Gasteiger partial charge in [-0.3, -0.25) is 4.79 Å². The second-order valence-electron chi connectivity index (χ2n) is 4.54. The summed E-state index contributed by atoms with van der Waals surface area (Å²) in [6.45, 7) is 1.26. The minimum absolute atomic E-state index is 0.128. The molecule has 96 valence electrons. The lowest BCUT2D eigenvalue weighted by Crippen LogP contribution is -2.42. The van der Waals surface area contributed by atoms with Crippen LogP contribution in [0.25, 0.3) is 0 Å². The third-order valence-corrected chi connectivity index (χ3v) is 4.96. The van der Waals surface area contributed by atoms with E-state index in [4.69, 9.17) is 21.7 Å². The minimum atomic E-state index is -0.520. The van der Waals surface area contributed by atoms with Crippen molar-refractivity contribution in [1.29, 1.82) is 0 Å². The van der Waals surface area contributed by atoms with Crippen molar-refractivity contribution in [2.24, 2.45) is 0 Å². The third kappa shape index (κ3) is 2.99. The topological polar surface area (TPSA) is 38.8 Å². The fourth-order valence-corrected chi connectivity index (χ4v) is 3.46. The monoisotopic (exact) mass is 275 g/mol. The lowest BCUT2D eigenvalue weighted by Gasteiger charge is -2.35. The first-order chi connectivity index (χ1) is 8.02. The quantitative estimate of drug-likeness (QED) is 0.674. The van der Waals surface area contributed by atoms with Gasteiger partial charge in [-0.15, -0.1) is 0 Å². The summed E-state index contributed by atoms with van der Waals surface area (Å²) in [5.74, 6) is -0.267. The molecule has 1 aliphatic heterocycles. The molecule has 0 amide bonds. The van der Waals surface area contributed by atoms with E-state index in [0.717, 1.165) is 4.32 Å². The molecule has 4 nitrogen and oxygen atoms in total. The second kappa shape index (κ2) is 5.22. The van der Waals surface area contributed by atoms with E-state index in [1.807, 2.05) is 19.0 Å². The Hall–Kier alpha value is -0.170. The van der Waals surface area contributed by atoms with E-state index < -0.39 is 5.79 Å². The molecule has 0 aromatic heterocycles. The fourth-order valence-electron chi connectivity index (χ4n) is 2.07. The maximum Gasteiger partial charge on any atom is 0.170 e. The first-order valence-corrected chi connectivity index (χ1v) is 7.00. The third-order valence-electron chi connectivity index (χ3n) is 3.03. The predicted octanol–water partition coefficient (Wildman–Crippen LogP) is 1.43. The summed E-state index contributed by atoms with van der Waals surface area (Å²) in [5.41, 5.74) is 0. The Morgan fingerprint density at radius 2 is 2.12 bits per heavy atom. The lowest BCUT2D eigenvalue weighted by molar-refractivity contribution is -0.178.